The van der Waals surface area contributed by atoms with Crippen molar-refractivity contribution in [3.63, 3.8) is 0 Å². The predicted octanol–water partition coefficient (Wildman–Crippen LogP) is -1.54. The van der Waals surface area contributed by atoms with E-state index >= 15 is 0 Å². The van der Waals surface area contributed by atoms with E-state index in [4.69, 9.17) is 45.5 Å². The van der Waals surface area contributed by atoms with Gasteiger partial charge in [0.1, 0.15) is 0 Å². The van der Waals surface area contributed by atoms with E-state index in [1.807, 2.05) is 0 Å². The monoisotopic (exact) mass is 219 g/mol. The summed E-state index contributed by atoms with van der Waals surface area (Å²) in [5, 5.41) is 13.6. The average molecular weight is 220 g/mol. The predicted molar refractivity (Wildman–Crippen MR) is 33.2 cm³/mol. The Morgan fingerprint density at radius 3 is 1.56 bits per heavy atom. The van der Waals surface area contributed by atoms with Gasteiger partial charge in [-0.2, -0.15) is 0 Å². The standard InChI is InChI=1S/Al.3ClH.HNO3.Na.H/c;;;;2-1(3)4;;/h;3*1H;(H,2,3,4);;/q+3;;;;;+1;-1/p-3. The van der Waals surface area contributed by atoms with E-state index in [1.165, 1.54) is 0 Å². The van der Waals surface area contributed by atoms with E-state index in [2.05, 4.69) is 0 Å². The van der Waals surface area contributed by atoms with Crippen molar-refractivity contribution in [3.8, 4) is 0 Å². The molecule has 0 aliphatic heterocycles. The molecule has 0 saturated carbocycles. The first-order valence-electron chi connectivity index (χ1n) is 1.22. The largest absolute Gasteiger partial charge is 1.00 e. The van der Waals surface area contributed by atoms with Crippen LogP contribution in [-0.4, -0.2) is 21.7 Å². The fourth-order valence-electron chi connectivity index (χ4n) is 0. The minimum Gasteiger partial charge on any atom is -1.00 e. The molecule has 0 amide bonds. The maximum atomic E-state index is 8.36. The number of nitrogens with zero attached hydrogens (tertiary/aromatic N) is 1. The second-order valence-electron chi connectivity index (χ2n) is 0.485. The fourth-order valence-corrected chi connectivity index (χ4v) is 0. The van der Waals surface area contributed by atoms with E-state index in [9.17, 15) is 0 Å². The molecule has 0 aliphatic rings. The van der Waals surface area contributed by atoms with Gasteiger partial charge in [-0.1, -0.05) is 0 Å². The van der Waals surface area contributed by atoms with Crippen LogP contribution in [0, 0.1) is 10.1 Å². The van der Waals surface area contributed by atoms with Crippen LogP contribution in [0.5, 0.6) is 0 Å². The van der Waals surface area contributed by atoms with Crippen LogP contribution in [0.1, 0.15) is 1.43 Å². The molecule has 0 aromatic rings. The van der Waals surface area contributed by atoms with Crippen molar-refractivity contribution in [1.82, 2.24) is 0 Å². The minimum atomic E-state index is -1.72. The number of halogens is 3. The summed E-state index contributed by atoms with van der Waals surface area (Å²) < 4.78 is 0. The summed E-state index contributed by atoms with van der Waals surface area (Å²) in [6.07, 6.45) is 0. The maximum Gasteiger partial charge on any atom is 1.00 e. The van der Waals surface area contributed by atoms with E-state index in [-0.39, 0.29) is 31.0 Å². The summed E-state index contributed by atoms with van der Waals surface area (Å²) in [5.74, 6) is 0. The number of hydrogen-bond acceptors (Lipinski definition) is 2. The van der Waals surface area contributed by atoms with Gasteiger partial charge in [-0.15, -0.1) is 10.1 Å². The molecule has 0 bridgehead atoms. The second-order valence-corrected chi connectivity index (χ2v) is 6.92. The summed E-state index contributed by atoms with van der Waals surface area (Å²) in [7, 11) is 14.8. The van der Waals surface area contributed by atoms with Crippen molar-refractivity contribution in [2.75, 3.05) is 0 Å². The van der Waals surface area contributed by atoms with Crippen LogP contribution in [0.2, 0.25) is 0 Å². The molecule has 0 rings (SSSR count). The summed E-state index contributed by atoms with van der Waals surface area (Å²) in [5.41, 5.74) is 0. The van der Waals surface area contributed by atoms with E-state index in [0.29, 0.717) is 0 Å². The molecular formula is H2AlCl3NNaO3. The van der Waals surface area contributed by atoms with Gasteiger partial charge in [0.2, 0.25) is 0 Å². The van der Waals surface area contributed by atoms with Crippen LogP contribution < -0.4 is 29.6 Å². The van der Waals surface area contributed by atoms with Crippen molar-refractivity contribution in [2.45, 2.75) is 0 Å². The zero-order valence-electron chi connectivity index (χ0n) is 5.42. The first-order chi connectivity index (χ1) is 3.46. The first kappa shape index (κ1) is 16.9. The molecule has 1 N–H and O–H groups in total. The minimum absolute atomic E-state index is 0. The molecule has 0 aromatic heterocycles. The molecular weight excluding hydrogens is 218 g/mol. The number of rotatable bonds is 0. The Bertz CT molecular complexity index is 68.0. The molecule has 0 heterocycles. The molecule has 0 spiro atoms. The summed E-state index contributed by atoms with van der Waals surface area (Å²) >= 11 is -1.72. The third kappa shape index (κ3) is 216. The molecule has 9 heteroatoms. The molecule has 0 radical (unpaired) electrons. The molecule has 4 nitrogen and oxygen atoms in total. The van der Waals surface area contributed by atoms with Gasteiger partial charge in [0.05, 0.1) is 0 Å². The Hall–Kier alpha value is 1.60. The van der Waals surface area contributed by atoms with E-state index in [0.717, 1.165) is 0 Å². The zero-order valence-corrected chi connectivity index (χ0v) is 9.84. The quantitative estimate of drug-likeness (QED) is 0.306. The summed E-state index contributed by atoms with van der Waals surface area (Å²) in [6.45, 7) is 0. The molecule has 0 aliphatic carbocycles. The van der Waals surface area contributed by atoms with Gasteiger partial charge in [0, 0.05) is 0 Å². The van der Waals surface area contributed by atoms with Crippen LogP contribution in [0.25, 0.3) is 0 Å². The van der Waals surface area contributed by atoms with Gasteiger partial charge in [-0.3, -0.25) is 0 Å². The fraction of sp³-hybridized carbons (Fsp3) is 0. The first-order valence-corrected chi connectivity index (χ1v) is 6.46. The molecule has 9 heavy (non-hydrogen) atoms. The Labute approximate surface area is 92.0 Å². The van der Waals surface area contributed by atoms with Crippen molar-refractivity contribution in [2.24, 2.45) is 0 Å². The Morgan fingerprint density at radius 2 is 1.56 bits per heavy atom. The third-order valence-corrected chi connectivity index (χ3v) is 0. The molecule has 0 atom stereocenters. The topological polar surface area (TPSA) is 63.4 Å². The Kier molecular flexibility index (Phi) is 23.1. The Balaban J connectivity index is -0.0000000300. The van der Waals surface area contributed by atoms with E-state index in [1.54, 1.807) is 0 Å². The molecule has 0 unspecified atom stereocenters. The van der Waals surface area contributed by atoms with Gasteiger partial charge in [0.25, 0.3) is 5.09 Å². The van der Waals surface area contributed by atoms with Gasteiger partial charge < -0.3 is 6.63 Å². The van der Waals surface area contributed by atoms with Crippen LogP contribution in [-0.2, 0) is 0 Å². The zero-order chi connectivity index (χ0) is 7.15. The average Bonchev–Trinajstić information content (AvgIpc) is 1.25. The van der Waals surface area contributed by atoms with Crippen molar-refractivity contribution < 1.29 is 41.3 Å². The van der Waals surface area contributed by atoms with Crippen LogP contribution >= 0.6 is 30.1 Å². The maximum absolute atomic E-state index is 8.36. The van der Waals surface area contributed by atoms with Crippen molar-refractivity contribution >= 4 is 41.5 Å². The summed E-state index contributed by atoms with van der Waals surface area (Å²) in [6, 6.07) is 0. The van der Waals surface area contributed by atoms with Gasteiger partial charge in [0.15, 0.2) is 0 Å². The van der Waals surface area contributed by atoms with Crippen LogP contribution in [0.4, 0.5) is 0 Å². The van der Waals surface area contributed by atoms with E-state index < -0.39 is 16.5 Å². The molecule has 50 valence electrons. The Morgan fingerprint density at radius 1 is 1.56 bits per heavy atom. The number of hydrogen-bond donors (Lipinski definition) is 1. The smallest absolute Gasteiger partial charge is 1.00 e. The second kappa shape index (κ2) is 12.3. The molecule has 0 saturated heterocycles. The van der Waals surface area contributed by atoms with Crippen LogP contribution in [0.3, 0.4) is 0 Å². The normalized spacial score (nSPS) is 5.67. The SMILES string of the molecule is O=[N+]([O-])O.[Cl][Al]([Cl])[Cl].[H-].[Na+]. The van der Waals surface area contributed by atoms with Crippen molar-refractivity contribution in [3.05, 3.63) is 10.1 Å². The summed E-state index contributed by atoms with van der Waals surface area (Å²) in [4.78, 5) is 8.36. The van der Waals surface area contributed by atoms with Gasteiger partial charge >= 0.3 is 40.9 Å². The van der Waals surface area contributed by atoms with Gasteiger partial charge in [-0.05, 0) is 0 Å². The molecule has 0 aromatic carbocycles. The molecule has 0 fully saturated rings. The van der Waals surface area contributed by atoms with Gasteiger partial charge in [-0.25, -0.2) is 30.1 Å². The third-order valence-electron chi connectivity index (χ3n) is 0. The van der Waals surface area contributed by atoms with Crippen LogP contribution in [0.15, 0.2) is 0 Å². The van der Waals surface area contributed by atoms with Crippen molar-refractivity contribution in [1.29, 1.82) is 0 Å².